The van der Waals surface area contributed by atoms with Crippen molar-refractivity contribution in [1.29, 1.82) is 5.26 Å². The summed E-state index contributed by atoms with van der Waals surface area (Å²) < 4.78 is 17.7. The van der Waals surface area contributed by atoms with Crippen LogP contribution in [0.15, 0.2) is 57.7 Å². The lowest BCUT2D eigenvalue weighted by Crippen LogP contribution is -2.20. The average molecular weight is 427 g/mol. The Morgan fingerprint density at radius 1 is 1.12 bits per heavy atom. The van der Waals surface area contributed by atoms with Crippen molar-refractivity contribution < 1.29 is 13.9 Å². The smallest absolute Gasteiger partial charge is 0.287 e. The molecule has 0 atom stereocenters. The van der Waals surface area contributed by atoms with E-state index in [0.717, 1.165) is 5.56 Å². The molecule has 0 saturated carbocycles. The lowest BCUT2D eigenvalue weighted by Gasteiger charge is -2.08. The minimum Gasteiger partial charge on any atom is -0.494 e. The number of rotatable bonds is 5. The summed E-state index contributed by atoms with van der Waals surface area (Å²) in [7, 11) is 3.06. The second kappa shape index (κ2) is 7.68. The van der Waals surface area contributed by atoms with Gasteiger partial charge in [-0.1, -0.05) is 36.4 Å². The summed E-state index contributed by atoms with van der Waals surface area (Å²) in [5.41, 5.74) is 2.94. The monoisotopic (exact) mass is 427 g/mol. The van der Waals surface area contributed by atoms with Crippen molar-refractivity contribution in [2.45, 2.75) is 6.61 Å². The number of nitriles is 1. The first kappa shape index (κ1) is 19.5. The van der Waals surface area contributed by atoms with E-state index in [4.69, 9.17) is 13.9 Å². The third kappa shape index (κ3) is 2.93. The van der Waals surface area contributed by atoms with Gasteiger partial charge in [0.15, 0.2) is 16.8 Å². The van der Waals surface area contributed by atoms with E-state index in [1.54, 1.807) is 18.2 Å². The van der Waals surface area contributed by atoms with Crippen molar-refractivity contribution >= 4 is 16.7 Å². The fourth-order valence-corrected chi connectivity index (χ4v) is 3.75. The molecule has 5 aromatic rings. The quantitative estimate of drug-likeness (QED) is 0.456. The van der Waals surface area contributed by atoms with E-state index < -0.39 is 5.56 Å². The van der Waals surface area contributed by atoms with Gasteiger partial charge in [0.25, 0.3) is 5.56 Å². The molecular weight excluding hydrogens is 410 g/mol. The highest BCUT2D eigenvalue weighted by Crippen LogP contribution is 2.32. The minimum absolute atomic E-state index is 0.0955. The van der Waals surface area contributed by atoms with Crippen LogP contribution in [0.2, 0.25) is 0 Å². The first-order valence-electron chi connectivity index (χ1n) is 9.72. The Hall–Kier alpha value is -4.42. The molecule has 0 aliphatic carbocycles. The van der Waals surface area contributed by atoms with E-state index in [-0.39, 0.29) is 23.8 Å². The highest BCUT2D eigenvalue weighted by Gasteiger charge is 2.25. The molecule has 0 unspecified atom stereocenters. The third-order valence-corrected chi connectivity index (χ3v) is 5.14. The maximum atomic E-state index is 13.6. The van der Waals surface area contributed by atoms with Gasteiger partial charge >= 0.3 is 0 Å². The molecule has 3 aromatic heterocycles. The van der Waals surface area contributed by atoms with Gasteiger partial charge in [0, 0.05) is 7.11 Å². The number of fused-ring (bicyclic) bond motifs is 2. The Morgan fingerprint density at radius 3 is 2.66 bits per heavy atom. The number of ether oxygens (including phenoxy) is 2. The van der Waals surface area contributed by atoms with Crippen molar-refractivity contribution in [3.05, 3.63) is 70.3 Å². The van der Waals surface area contributed by atoms with Crippen molar-refractivity contribution in [2.24, 2.45) is 0 Å². The van der Waals surface area contributed by atoms with Crippen LogP contribution in [0.25, 0.3) is 39.3 Å². The van der Waals surface area contributed by atoms with E-state index in [1.807, 2.05) is 30.3 Å². The number of para-hydroxylation sites is 1. The predicted octanol–water partition coefficient (Wildman–Crippen LogP) is 3.52. The van der Waals surface area contributed by atoms with Crippen LogP contribution in [-0.2, 0) is 11.3 Å². The number of aromatic amines is 1. The number of oxazole rings is 1. The van der Waals surface area contributed by atoms with E-state index in [2.05, 4.69) is 21.1 Å². The Balaban J connectivity index is 1.83. The van der Waals surface area contributed by atoms with Crippen molar-refractivity contribution in [3.63, 3.8) is 0 Å². The largest absolute Gasteiger partial charge is 0.494 e. The van der Waals surface area contributed by atoms with Gasteiger partial charge in [0.2, 0.25) is 5.89 Å². The Bertz CT molecular complexity index is 1560. The van der Waals surface area contributed by atoms with Gasteiger partial charge in [-0.15, -0.1) is 0 Å². The lowest BCUT2D eigenvalue weighted by molar-refractivity contribution is 0.182. The molecule has 0 saturated heterocycles. The topological polar surface area (TPSA) is 118 Å². The maximum Gasteiger partial charge on any atom is 0.287 e. The molecule has 32 heavy (non-hydrogen) atoms. The fraction of sp³-hybridized carbons (Fsp3) is 0.130. The number of nitrogens with zero attached hydrogens (tertiary/aromatic N) is 4. The van der Waals surface area contributed by atoms with Gasteiger partial charge in [-0.25, -0.2) is 4.98 Å². The van der Waals surface area contributed by atoms with Crippen LogP contribution < -0.4 is 10.3 Å². The average Bonchev–Trinajstić information content (AvgIpc) is 3.41. The highest BCUT2D eigenvalue weighted by molar-refractivity contribution is 5.84. The zero-order chi connectivity index (χ0) is 22.2. The first-order chi connectivity index (χ1) is 15.7. The maximum absolute atomic E-state index is 13.6. The molecule has 9 heteroatoms. The van der Waals surface area contributed by atoms with Gasteiger partial charge in [0.1, 0.15) is 23.0 Å². The normalized spacial score (nSPS) is 11.2. The zero-order valence-corrected chi connectivity index (χ0v) is 17.2. The molecule has 3 heterocycles. The molecule has 0 fully saturated rings. The zero-order valence-electron chi connectivity index (χ0n) is 17.2. The number of hydrogen-bond donors (Lipinski definition) is 1. The molecule has 1 N–H and O–H groups in total. The number of methoxy groups -OCH3 is 2. The van der Waals surface area contributed by atoms with Gasteiger partial charge in [-0.3, -0.25) is 4.79 Å². The molecule has 0 amide bonds. The second-order valence-electron chi connectivity index (χ2n) is 7.00. The molecule has 0 aliphatic rings. The third-order valence-electron chi connectivity index (χ3n) is 5.14. The summed E-state index contributed by atoms with van der Waals surface area (Å²) in [6.45, 7) is 0.0955. The van der Waals surface area contributed by atoms with E-state index in [9.17, 15) is 10.1 Å². The van der Waals surface area contributed by atoms with E-state index >= 15 is 0 Å². The molecule has 158 valence electrons. The second-order valence-corrected chi connectivity index (χ2v) is 7.00. The van der Waals surface area contributed by atoms with Gasteiger partial charge < -0.3 is 18.9 Å². The lowest BCUT2D eigenvalue weighted by atomic mass is 10.1. The summed E-state index contributed by atoms with van der Waals surface area (Å²) in [4.78, 5) is 21.3. The van der Waals surface area contributed by atoms with Crippen LogP contribution in [0.5, 0.6) is 5.75 Å². The number of H-pyrrole nitrogens is 1. The Morgan fingerprint density at radius 2 is 1.94 bits per heavy atom. The fourth-order valence-electron chi connectivity index (χ4n) is 3.75. The van der Waals surface area contributed by atoms with Gasteiger partial charge in [-0.2, -0.15) is 14.9 Å². The number of aromatic nitrogens is 4. The molecule has 0 aliphatic heterocycles. The molecule has 0 spiro atoms. The standard InChI is InChI=1S/C23H17N5O4/c1-30-12-15-19(22-26-20-16(31-2)9-6-10-17(20)32-22)23(29)28-21(25-15)18(14(11-24)27-28)13-7-4-3-5-8-13/h3-10,25H,12H2,1-2H3. The summed E-state index contributed by atoms with van der Waals surface area (Å²) in [6, 6.07) is 16.7. The van der Waals surface area contributed by atoms with Crippen LogP contribution in [-0.4, -0.2) is 33.8 Å². The van der Waals surface area contributed by atoms with Gasteiger partial charge in [-0.05, 0) is 17.7 Å². The first-order valence-corrected chi connectivity index (χ1v) is 9.72. The van der Waals surface area contributed by atoms with Gasteiger partial charge in [0.05, 0.1) is 25.0 Å². The highest BCUT2D eigenvalue weighted by atomic mass is 16.5. The number of nitrogens with one attached hydrogen (secondary N) is 1. The molecule has 5 rings (SSSR count). The van der Waals surface area contributed by atoms with Crippen LogP contribution in [0.3, 0.4) is 0 Å². The number of hydrogen-bond acceptors (Lipinski definition) is 7. The molecule has 9 nitrogen and oxygen atoms in total. The van der Waals surface area contributed by atoms with Crippen LogP contribution in [0.4, 0.5) is 0 Å². The van der Waals surface area contributed by atoms with Crippen molar-refractivity contribution in [1.82, 2.24) is 19.6 Å². The SMILES string of the molecule is COCc1[nH]c2c(-c3ccccc3)c(C#N)nn2c(=O)c1-c1nc2c(OC)cccc2o1. The summed E-state index contributed by atoms with van der Waals surface area (Å²) in [5.74, 6) is 0.635. The summed E-state index contributed by atoms with van der Waals surface area (Å²) in [6.07, 6.45) is 0. The Labute approximate surface area is 181 Å². The molecule has 0 radical (unpaired) electrons. The molecular formula is C23H17N5O4. The predicted molar refractivity (Wildman–Crippen MR) is 116 cm³/mol. The van der Waals surface area contributed by atoms with Crippen molar-refractivity contribution in [2.75, 3.05) is 14.2 Å². The summed E-state index contributed by atoms with van der Waals surface area (Å²) >= 11 is 0. The molecule has 2 aromatic carbocycles. The molecule has 0 bridgehead atoms. The Kier molecular flexibility index (Phi) is 4.69. The minimum atomic E-state index is -0.477. The summed E-state index contributed by atoms with van der Waals surface area (Å²) in [5, 5.41) is 13.9. The van der Waals surface area contributed by atoms with E-state index in [1.165, 1.54) is 18.7 Å². The van der Waals surface area contributed by atoms with Crippen molar-refractivity contribution in [3.8, 4) is 34.4 Å². The van der Waals surface area contributed by atoms with Crippen LogP contribution in [0.1, 0.15) is 11.4 Å². The van der Waals surface area contributed by atoms with Crippen LogP contribution in [0, 0.1) is 11.3 Å². The number of benzene rings is 2. The van der Waals surface area contributed by atoms with Crippen LogP contribution >= 0.6 is 0 Å². The van der Waals surface area contributed by atoms with E-state index in [0.29, 0.717) is 33.8 Å².